The van der Waals surface area contributed by atoms with Crippen molar-refractivity contribution in [2.24, 2.45) is 7.05 Å². The van der Waals surface area contributed by atoms with Gasteiger partial charge in [0.15, 0.2) is 0 Å². The van der Waals surface area contributed by atoms with Gasteiger partial charge in [0, 0.05) is 44.4 Å². The van der Waals surface area contributed by atoms with Crippen LogP contribution in [0.3, 0.4) is 0 Å². The Morgan fingerprint density at radius 3 is 2.54 bits per heavy atom. The molecule has 0 fully saturated rings. The average Bonchev–Trinajstić information content (AvgIpc) is 2.91. The first-order valence-corrected chi connectivity index (χ1v) is 8.76. The number of hydrogen-bond donors (Lipinski definition) is 2. The zero-order valence-corrected chi connectivity index (χ0v) is 15.4. The van der Waals surface area contributed by atoms with Crippen molar-refractivity contribution in [3.8, 4) is 0 Å². The van der Waals surface area contributed by atoms with Gasteiger partial charge in [-0.1, -0.05) is 12.1 Å². The number of aryl methyl sites for hydroxylation is 3. The van der Waals surface area contributed by atoms with Crippen molar-refractivity contribution in [1.82, 2.24) is 24.8 Å². The van der Waals surface area contributed by atoms with Gasteiger partial charge in [0.2, 0.25) is 11.9 Å². The van der Waals surface area contributed by atoms with Gasteiger partial charge in [0.25, 0.3) is 0 Å². The zero-order chi connectivity index (χ0) is 18.5. The number of amides is 1. The molecule has 7 nitrogen and oxygen atoms in total. The van der Waals surface area contributed by atoms with E-state index in [4.69, 9.17) is 0 Å². The van der Waals surface area contributed by atoms with Gasteiger partial charge in [0.1, 0.15) is 5.82 Å². The highest BCUT2D eigenvalue weighted by Gasteiger charge is 2.08. The van der Waals surface area contributed by atoms with Crippen molar-refractivity contribution in [3.63, 3.8) is 0 Å². The standard InChI is InChI=1S/C19H24N6O/c1-13-12-14(2)23-19(22-13)21-11-9-18(26)20-10-8-17-24-15-6-4-5-7-16(15)25(17)3/h4-7,12H,8-11H2,1-3H3,(H,20,26)(H,21,22,23). The Morgan fingerprint density at radius 1 is 1.08 bits per heavy atom. The second-order valence-electron chi connectivity index (χ2n) is 6.33. The minimum Gasteiger partial charge on any atom is -0.356 e. The predicted molar refractivity (Wildman–Crippen MR) is 102 cm³/mol. The fraction of sp³-hybridized carbons (Fsp3) is 0.368. The molecule has 0 aliphatic heterocycles. The lowest BCUT2D eigenvalue weighted by Crippen LogP contribution is -2.28. The van der Waals surface area contributed by atoms with Gasteiger partial charge in [-0.15, -0.1) is 0 Å². The molecular formula is C19H24N6O. The van der Waals surface area contributed by atoms with Gasteiger partial charge < -0.3 is 15.2 Å². The predicted octanol–water partition coefficient (Wildman–Crippen LogP) is 2.14. The Balaban J connectivity index is 1.43. The highest BCUT2D eigenvalue weighted by molar-refractivity contribution is 5.77. The maximum absolute atomic E-state index is 12.0. The fourth-order valence-corrected chi connectivity index (χ4v) is 2.91. The Morgan fingerprint density at radius 2 is 1.81 bits per heavy atom. The summed E-state index contributed by atoms with van der Waals surface area (Å²) < 4.78 is 2.07. The third-order valence-corrected chi connectivity index (χ3v) is 4.17. The van der Waals surface area contributed by atoms with Gasteiger partial charge in [-0.05, 0) is 32.0 Å². The zero-order valence-electron chi connectivity index (χ0n) is 15.4. The highest BCUT2D eigenvalue weighted by atomic mass is 16.1. The molecule has 136 valence electrons. The fourth-order valence-electron chi connectivity index (χ4n) is 2.91. The van der Waals surface area contributed by atoms with Crippen molar-refractivity contribution in [1.29, 1.82) is 0 Å². The highest BCUT2D eigenvalue weighted by Crippen LogP contribution is 2.14. The number of carbonyl (C=O) groups excluding carboxylic acids is 1. The smallest absolute Gasteiger partial charge is 0.223 e. The van der Waals surface area contributed by atoms with Crippen LogP contribution in [0.4, 0.5) is 5.95 Å². The molecule has 0 radical (unpaired) electrons. The first-order valence-electron chi connectivity index (χ1n) is 8.76. The molecule has 0 unspecified atom stereocenters. The minimum atomic E-state index is 0.000592. The summed E-state index contributed by atoms with van der Waals surface area (Å²) in [5, 5.41) is 6.03. The van der Waals surface area contributed by atoms with Crippen molar-refractivity contribution >= 4 is 22.9 Å². The van der Waals surface area contributed by atoms with E-state index in [9.17, 15) is 4.79 Å². The Bertz CT molecular complexity index is 897. The lowest BCUT2D eigenvalue weighted by Gasteiger charge is -2.08. The second kappa shape index (κ2) is 7.95. The summed E-state index contributed by atoms with van der Waals surface area (Å²) in [7, 11) is 2.00. The minimum absolute atomic E-state index is 0.000592. The molecule has 1 aromatic carbocycles. The molecular weight excluding hydrogens is 328 g/mol. The number of nitrogens with one attached hydrogen (secondary N) is 2. The molecule has 0 atom stereocenters. The van der Waals surface area contributed by atoms with Crippen molar-refractivity contribution < 1.29 is 4.79 Å². The molecule has 1 amide bonds. The first kappa shape index (κ1) is 17.8. The molecule has 3 rings (SSSR count). The SMILES string of the molecule is Cc1cc(C)nc(NCCC(=O)NCCc2nc3ccccc3n2C)n1. The van der Waals surface area contributed by atoms with E-state index >= 15 is 0 Å². The van der Waals surface area contributed by atoms with E-state index in [1.807, 2.05) is 51.2 Å². The molecule has 26 heavy (non-hydrogen) atoms. The van der Waals surface area contributed by atoms with Crippen LogP contribution in [0.15, 0.2) is 30.3 Å². The second-order valence-corrected chi connectivity index (χ2v) is 6.33. The van der Waals surface area contributed by atoms with E-state index in [1.54, 1.807) is 0 Å². The number of fused-ring (bicyclic) bond motifs is 1. The van der Waals surface area contributed by atoms with Crippen LogP contribution in [0.5, 0.6) is 0 Å². The number of aromatic nitrogens is 4. The summed E-state index contributed by atoms with van der Waals surface area (Å²) in [6.07, 6.45) is 1.07. The van der Waals surface area contributed by atoms with Crippen LogP contribution in [0.25, 0.3) is 11.0 Å². The lowest BCUT2D eigenvalue weighted by molar-refractivity contribution is -0.120. The molecule has 7 heteroatoms. The van der Waals surface area contributed by atoms with E-state index < -0.39 is 0 Å². The Hall–Kier alpha value is -2.96. The number of anilines is 1. The average molecular weight is 352 g/mol. The molecule has 0 spiro atoms. The van der Waals surface area contributed by atoms with Gasteiger partial charge in [-0.3, -0.25) is 4.79 Å². The Labute approximate surface area is 152 Å². The number of rotatable bonds is 7. The Kier molecular flexibility index (Phi) is 5.46. The molecule has 2 heterocycles. The van der Waals surface area contributed by atoms with Crippen molar-refractivity contribution in [2.75, 3.05) is 18.4 Å². The summed E-state index contributed by atoms with van der Waals surface area (Å²) >= 11 is 0. The van der Waals surface area contributed by atoms with Crippen LogP contribution in [-0.2, 0) is 18.3 Å². The van der Waals surface area contributed by atoms with E-state index in [0.717, 1.165) is 28.2 Å². The maximum atomic E-state index is 12.0. The van der Waals surface area contributed by atoms with E-state index in [-0.39, 0.29) is 5.91 Å². The molecule has 0 aliphatic carbocycles. The van der Waals surface area contributed by atoms with Crippen LogP contribution >= 0.6 is 0 Å². The third-order valence-electron chi connectivity index (χ3n) is 4.17. The summed E-state index contributed by atoms with van der Waals surface area (Å²) in [4.78, 5) is 25.2. The third kappa shape index (κ3) is 4.36. The van der Waals surface area contributed by atoms with E-state index in [1.165, 1.54) is 0 Å². The molecule has 0 saturated carbocycles. The van der Waals surface area contributed by atoms with Gasteiger partial charge in [-0.2, -0.15) is 0 Å². The van der Waals surface area contributed by atoms with Crippen LogP contribution in [-0.4, -0.2) is 38.5 Å². The molecule has 2 aromatic heterocycles. The number of hydrogen-bond acceptors (Lipinski definition) is 5. The van der Waals surface area contributed by atoms with Crippen LogP contribution < -0.4 is 10.6 Å². The summed E-state index contributed by atoms with van der Waals surface area (Å²) in [6.45, 7) is 4.91. The number of nitrogens with zero attached hydrogens (tertiary/aromatic N) is 4. The topological polar surface area (TPSA) is 84.7 Å². The monoisotopic (exact) mass is 352 g/mol. The largest absolute Gasteiger partial charge is 0.356 e. The van der Waals surface area contributed by atoms with E-state index in [0.29, 0.717) is 31.9 Å². The molecule has 2 N–H and O–H groups in total. The molecule has 0 saturated heterocycles. The number of imidazole rings is 1. The molecule has 3 aromatic rings. The molecule has 0 aliphatic rings. The lowest BCUT2D eigenvalue weighted by atomic mass is 10.3. The van der Waals surface area contributed by atoms with Crippen LogP contribution in [0.2, 0.25) is 0 Å². The summed E-state index contributed by atoms with van der Waals surface area (Å²) in [5.74, 6) is 1.53. The van der Waals surface area contributed by atoms with Gasteiger partial charge >= 0.3 is 0 Å². The van der Waals surface area contributed by atoms with Crippen molar-refractivity contribution in [3.05, 3.63) is 47.5 Å². The van der Waals surface area contributed by atoms with Crippen LogP contribution in [0, 0.1) is 13.8 Å². The number of benzene rings is 1. The van der Waals surface area contributed by atoms with E-state index in [2.05, 4.69) is 30.2 Å². The quantitative estimate of drug-likeness (QED) is 0.680. The van der Waals surface area contributed by atoms with Crippen molar-refractivity contribution in [2.45, 2.75) is 26.7 Å². The number of carbonyl (C=O) groups is 1. The summed E-state index contributed by atoms with van der Waals surface area (Å²) in [5.41, 5.74) is 3.90. The van der Waals surface area contributed by atoms with Crippen LogP contribution in [0.1, 0.15) is 23.6 Å². The first-order chi connectivity index (χ1) is 12.5. The van der Waals surface area contributed by atoms with Gasteiger partial charge in [0.05, 0.1) is 11.0 Å². The number of para-hydroxylation sites is 2. The van der Waals surface area contributed by atoms with Gasteiger partial charge in [-0.25, -0.2) is 15.0 Å². The molecule has 0 bridgehead atoms. The maximum Gasteiger partial charge on any atom is 0.223 e. The summed E-state index contributed by atoms with van der Waals surface area (Å²) in [6, 6.07) is 9.94. The normalized spacial score (nSPS) is 10.9.